The average Bonchev–Trinajstić information content (AvgIpc) is 3.15. The van der Waals surface area contributed by atoms with E-state index in [1.807, 2.05) is 6.07 Å². The minimum atomic E-state index is -4.28. The van der Waals surface area contributed by atoms with Crippen molar-refractivity contribution in [3.8, 4) is 0 Å². The monoisotopic (exact) mass is 478 g/mol. The minimum absolute atomic E-state index is 0.0755. The van der Waals surface area contributed by atoms with Gasteiger partial charge in [-0.15, -0.1) is 0 Å². The molecule has 2 fully saturated rings. The van der Waals surface area contributed by atoms with Gasteiger partial charge in [-0.2, -0.15) is 13.2 Å². The molecule has 1 aliphatic heterocycles. The predicted octanol–water partition coefficient (Wildman–Crippen LogP) is 5.88. The van der Waals surface area contributed by atoms with Crippen LogP contribution in [-0.4, -0.2) is 40.6 Å². The molecule has 1 aliphatic carbocycles. The van der Waals surface area contributed by atoms with Crippen LogP contribution in [0.4, 0.5) is 24.5 Å². The Kier molecular flexibility index (Phi) is 7.48. The third-order valence-electron chi connectivity index (χ3n) is 6.41. The fraction of sp³-hybridized carbons (Fsp3) is 0.500. The number of carbonyl (C=O) groups excluding carboxylic acids is 1. The van der Waals surface area contributed by atoms with Crippen molar-refractivity contribution in [3.05, 3.63) is 48.3 Å². The SMILES string of the molecule is CC1CN(c2ccc(SC(F)(F)F)cc2)CN1Cc1ccncc1NC(=O)C1CCCCC1. The summed E-state index contributed by atoms with van der Waals surface area (Å²) in [6, 6.07) is 8.71. The van der Waals surface area contributed by atoms with E-state index >= 15 is 0 Å². The number of halogens is 3. The van der Waals surface area contributed by atoms with Crippen LogP contribution < -0.4 is 10.2 Å². The number of amides is 1. The Balaban J connectivity index is 1.39. The molecule has 0 bridgehead atoms. The van der Waals surface area contributed by atoms with Gasteiger partial charge in [-0.1, -0.05) is 19.3 Å². The van der Waals surface area contributed by atoms with E-state index in [1.165, 1.54) is 18.6 Å². The first-order chi connectivity index (χ1) is 15.8. The third kappa shape index (κ3) is 6.41. The highest BCUT2D eigenvalue weighted by Crippen LogP contribution is 2.37. The van der Waals surface area contributed by atoms with E-state index in [4.69, 9.17) is 0 Å². The van der Waals surface area contributed by atoms with Gasteiger partial charge in [-0.3, -0.25) is 14.7 Å². The van der Waals surface area contributed by atoms with Gasteiger partial charge in [-0.25, -0.2) is 0 Å². The smallest absolute Gasteiger partial charge is 0.357 e. The van der Waals surface area contributed by atoms with E-state index < -0.39 is 5.51 Å². The number of anilines is 2. The first-order valence-corrected chi connectivity index (χ1v) is 12.2. The molecule has 33 heavy (non-hydrogen) atoms. The molecule has 5 nitrogen and oxygen atoms in total. The highest BCUT2D eigenvalue weighted by atomic mass is 32.2. The largest absolute Gasteiger partial charge is 0.446 e. The van der Waals surface area contributed by atoms with E-state index in [0.29, 0.717) is 13.2 Å². The van der Waals surface area contributed by atoms with Crippen molar-refractivity contribution >= 4 is 29.0 Å². The van der Waals surface area contributed by atoms with Crippen LogP contribution in [0.1, 0.15) is 44.6 Å². The van der Waals surface area contributed by atoms with E-state index in [1.54, 1.807) is 24.5 Å². The summed E-state index contributed by atoms with van der Waals surface area (Å²) >= 11 is -0.0980. The molecule has 4 rings (SSSR count). The molecule has 1 N–H and O–H groups in total. The van der Waals surface area contributed by atoms with Gasteiger partial charge in [0.15, 0.2) is 0 Å². The van der Waals surface area contributed by atoms with Gasteiger partial charge in [0.1, 0.15) is 0 Å². The number of carbonyl (C=O) groups is 1. The first-order valence-electron chi connectivity index (χ1n) is 11.4. The number of alkyl halides is 3. The van der Waals surface area contributed by atoms with Gasteiger partial charge < -0.3 is 10.2 Å². The molecule has 2 heterocycles. The van der Waals surface area contributed by atoms with Gasteiger partial charge in [0.2, 0.25) is 5.91 Å². The summed E-state index contributed by atoms with van der Waals surface area (Å²) in [5.41, 5.74) is -1.61. The second-order valence-electron chi connectivity index (χ2n) is 8.86. The van der Waals surface area contributed by atoms with Crippen molar-refractivity contribution in [1.82, 2.24) is 9.88 Å². The van der Waals surface area contributed by atoms with Gasteiger partial charge in [0, 0.05) is 41.8 Å². The average molecular weight is 479 g/mol. The number of hydrogen-bond donors (Lipinski definition) is 1. The number of pyridine rings is 1. The second-order valence-corrected chi connectivity index (χ2v) is 10.00. The van der Waals surface area contributed by atoms with Crippen molar-refractivity contribution in [2.24, 2.45) is 5.92 Å². The Hall–Kier alpha value is -2.26. The van der Waals surface area contributed by atoms with Crippen molar-refractivity contribution < 1.29 is 18.0 Å². The fourth-order valence-corrected chi connectivity index (χ4v) is 5.13. The zero-order valence-corrected chi connectivity index (χ0v) is 19.5. The molecule has 1 unspecified atom stereocenters. The molecule has 1 saturated carbocycles. The Labute approximate surface area is 196 Å². The lowest BCUT2D eigenvalue weighted by molar-refractivity contribution is -0.120. The molecule has 1 aromatic heterocycles. The molecular weight excluding hydrogens is 449 g/mol. The van der Waals surface area contributed by atoms with Crippen LogP contribution in [0.2, 0.25) is 0 Å². The zero-order chi connectivity index (χ0) is 23.4. The lowest BCUT2D eigenvalue weighted by atomic mass is 9.88. The number of nitrogens with one attached hydrogen (secondary N) is 1. The molecule has 2 aromatic rings. The van der Waals surface area contributed by atoms with E-state index in [9.17, 15) is 18.0 Å². The van der Waals surface area contributed by atoms with Crippen LogP contribution in [0.3, 0.4) is 0 Å². The second kappa shape index (κ2) is 10.3. The Bertz CT molecular complexity index is 947. The predicted molar refractivity (Wildman–Crippen MR) is 125 cm³/mol. The summed E-state index contributed by atoms with van der Waals surface area (Å²) in [6.07, 6.45) is 8.76. The van der Waals surface area contributed by atoms with E-state index in [2.05, 4.69) is 27.0 Å². The maximum absolute atomic E-state index is 12.7. The van der Waals surface area contributed by atoms with Crippen LogP contribution in [0.5, 0.6) is 0 Å². The van der Waals surface area contributed by atoms with Crippen molar-refractivity contribution in [2.75, 3.05) is 23.4 Å². The minimum Gasteiger partial charge on any atom is -0.357 e. The molecule has 1 aromatic carbocycles. The van der Waals surface area contributed by atoms with Gasteiger partial charge in [0.05, 0.1) is 18.6 Å². The Morgan fingerprint density at radius 3 is 2.58 bits per heavy atom. The standard InChI is InChI=1S/C24H29F3N4OS/c1-17-14-31(20-7-9-21(10-8-20)33-24(25,26)27)16-30(17)15-19-11-12-28-13-22(19)29-23(32)18-5-3-2-4-6-18/h7-13,17-18H,2-6,14-16H2,1H3,(H,29,32). The molecular formula is C24H29F3N4OS. The molecule has 0 radical (unpaired) electrons. The van der Waals surface area contributed by atoms with Crippen molar-refractivity contribution in [2.45, 2.75) is 62.0 Å². The number of benzene rings is 1. The number of nitrogens with zero attached hydrogens (tertiary/aromatic N) is 3. The molecule has 1 atom stereocenters. The van der Waals surface area contributed by atoms with E-state index in [0.717, 1.165) is 49.2 Å². The van der Waals surface area contributed by atoms with Crippen LogP contribution >= 0.6 is 11.8 Å². The highest BCUT2D eigenvalue weighted by molar-refractivity contribution is 8.00. The summed E-state index contributed by atoms with van der Waals surface area (Å²) in [5, 5.41) is 3.10. The number of hydrogen-bond acceptors (Lipinski definition) is 5. The van der Waals surface area contributed by atoms with Crippen molar-refractivity contribution in [3.63, 3.8) is 0 Å². The molecule has 1 amide bonds. The summed E-state index contributed by atoms with van der Waals surface area (Å²) in [5.74, 6) is 0.156. The highest BCUT2D eigenvalue weighted by Gasteiger charge is 2.30. The van der Waals surface area contributed by atoms with Crippen LogP contribution in [0.25, 0.3) is 0 Å². The molecule has 1 saturated heterocycles. The van der Waals surface area contributed by atoms with Gasteiger partial charge >= 0.3 is 5.51 Å². The van der Waals surface area contributed by atoms with Crippen molar-refractivity contribution in [1.29, 1.82) is 0 Å². The number of thioether (sulfide) groups is 1. The number of aromatic nitrogens is 1. The third-order valence-corrected chi connectivity index (χ3v) is 7.15. The lowest BCUT2D eigenvalue weighted by Crippen LogP contribution is -2.30. The fourth-order valence-electron chi connectivity index (χ4n) is 4.59. The summed E-state index contributed by atoms with van der Waals surface area (Å²) in [7, 11) is 0. The molecule has 0 spiro atoms. The molecule has 2 aliphatic rings. The summed E-state index contributed by atoms with van der Waals surface area (Å²) < 4.78 is 37.8. The maximum Gasteiger partial charge on any atom is 0.446 e. The summed E-state index contributed by atoms with van der Waals surface area (Å²) in [4.78, 5) is 21.6. The zero-order valence-electron chi connectivity index (χ0n) is 18.6. The number of rotatable bonds is 6. The van der Waals surface area contributed by atoms with Crippen LogP contribution in [0.15, 0.2) is 47.6 Å². The van der Waals surface area contributed by atoms with Crippen LogP contribution in [0, 0.1) is 5.92 Å². The topological polar surface area (TPSA) is 48.5 Å². The maximum atomic E-state index is 12.7. The van der Waals surface area contributed by atoms with Crippen LogP contribution in [-0.2, 0) is 11.3 Å². The quantitative estimate of drug-likeness (QED) is 0.526. The summed E-state index contributed by atoms with van der Waals surface area (Å²) in [6.45, 7) is 4.23. The molecule has 178 valence electrons. The van der Waals surface area contributed by atoms with Gasteiger partial charge in [-0.05, 0) is 67.4 Å². The Morgan fingerprint density at radius 2 is 1.88 bits per heavy atom. The first kappa shape index (κ1) is 23.9. The molecule has 9 heteroatoms. The lowest BCUT2D eigenvalue weighted by Gasteiger charge is -2.24. The Morgan fingerprint density at radius 1 is 1.15 bits per heavy atom. The normalized spacial score (nSPS) is 20.2. The van der Waals surface area contributed by atoms with E-state index in [-0.39, 0.29) is 34.5 Å². The van der Waals surface area contributed by atoms with Gasteiger partial charge in [0.25, 0.3) is 0 Å².